The number of rotatable bonds is 5. The average molecular weight is 440 g/mol. The van der Waals surface area contributed by atoms with Crippen molar-refractivity contribution in [3.63, 3.8) is 0 Å². The molecule has 0 saturated carbocycles. The van der Waals surface area contributed by atoms with Crippen molar-refractivity contribution in [2.75, 3.05) is 31.1 Å². The van der Waals surface area contributed by atoms with E-state index in [1.807, 2.05) is 18.2 Å². The fraction of sp³-hybridized carbons (Fsp3) is 0.217. The summed E-state index contributed by atoms with van der Waals surface area (Å²) in [6.45, 7) is 2.32. The van der Waals surface area contributed by atoms with Gasteiger partial charge < -0.3 is 9.80 Å². The predicted octanol–water partition coefficient (Wildman–Crippen LogP) is 3.16. The minimum absolute atomic E-state index is 0.00808. The molecule has 1 aromatic heterocycles. The van der Waals surface area contributed by atoms with Gasteiger partial charge in [0, 0.05) is 43.5 Å². The average Bonchev–Trinajstić information content (AvgIpc) is 2.81. The molecule has 0 atom stereocenters. The first-order valence-corrected chi connectivity index (χ1v) is 11.6. The van der Waals surface area contributed by atoms with Crippen molar-refractivity contribution in [3.8, 4) is 0 Å². The summed E-state index contributed by atoms with van der Waals surface area (Å²) in [6, 6.07) is 17.5. The number of pyridine rings is 1. The quantitative estimate of drug-likeness (QED) is 0.611. The number of hydrogen-bond donors (Lipinski definition) is 0. The fourth-order valence-corrected chi connectivity index (χ4v) is 4.99. The number of piperazine rings is 1. The minimum atomic E-state index is -3.79. The molecule has 0 bridgehead atoms. The van der Waals surface area contributed by atoms with Gasteiger partial charge in [0.15, 0.2) is 9.84 Å². The second kappa shape index (κ2) is 8.85. The Morgan fingerprint density at radius 2 is 1.68 bits per heavy atom. The van der Waals surface area contributed by atoms with E-state index in [4.69, 9.17) is 0 Å². The number of sulfone groups is 1. The number of nitrogens with zero attached hydrogens (tertiary/aromatic N) is 3. The number of amides is 1. The Bertz CT molecular complexity index is 1180. The van der Waals surface area contributed by atoms with Gasteiger partial charge in [-0.15, -0.1) is 0 Å². The van der Waals surface area contributed by atoms with Crippen LogP contribution in [0.5, 0.6) is 0 Å². The van der Waals surface area contributed by atoms with E-state index >= 15 is 0 Å². The van der Waals surface area contributed by atoms with Crippen LogP contribution in [0, 0.1) is 5.82 Å². The van der Waals surface area contributed by atoms with Crippen molar-refractivity contribution in [1.82, 2.24) is 9.88 Å². The zero-order valence-electron chi connectivity index (χ0n) is 16.8. The molecule has 0 N–H and O–H groups in total. The highest BCUT2D eigenvalue weighted by Crippen LogP contribution is 2.21. The molecule has 160 valence electrons. The van der Waals surface area contributed by atoms with Gasteiger partial charge in [-0.25, -0.2) is 17.8 Å². The maximum Gasteiger partial charge on any atom is 0.254 e. The van der Waals surface area contributed by atoms with Crippen LogP contribution >= 0.6 is 0 Å². The molecule has 1 fully saturated rings. The number of aromatic nitrogens is 1. The molecular weight excluding hydrogens is 417 g/mol. The van der Waals surface area contributed by atoms with Gasteiger partial charge in [-0.2, -0.15) is 0 Å². The molecule has 1 saturated heterocycles. The zero-order valence-corrected chi connectivity index (χ0v) is 17.6. The molecule has 0 radical (unpaired) electrons. The maximum absolute atomic E-state index is 13.9. The largest absolute Gasteiger partial charge is 0.353 e. The second-order valence-corrected chi connectivity index (χ2v) is 9.34. The maximum atomic E-state index is 13.9. The number of carbonyl (C=O) groups is 1. The Labute approximate surface area is 180 Å². The Morgan fingerprint density at radius 1 is 0.935 bits per heavy atom. The Balaban J connectivity index is 1.47. The Hall–Kier alpha value is -3.26. The van der Waals surface area contributed by atoms with Crippen LogP contribution in [-0.4, -0.2) is 50.4 Å². The van der Waals surface area contributed by atoms with Crippen LogP contribution in [0.3, 0.4) is 0 Å². The summed E-state index contributed by atoms with van der Waals surface area (Å²) in [5.74, 6) is -0.372. The lowest BCUT2D eigenvalue weighted by molar-refractivity contribution is 0.0746. The van der Waals surface area contributed by atoms with E-state index in [2.05, 4.69) is 9.88 Å². The van der Waals surface area contributed by atoms with Crippen LogP contribution in [0.15, 0.2) is 77.8 Å². The molecule has 1 amide bonds. The van der Waals surface area contributed by atoms with Crippen LogP contribution in [0.1, 0.15) is 15.9 Å². The Morgan fingerprint density at radius 3 is 2.39 bits per heavy atom. The van der Waals surface area contributed by atoms with E-state index < -0.39 is 21.4 Å². The van der Waals surface area contributed by atoms with Gasteiger partial charge in [0.2, 0.25) is 0 Å². The van der Waals surface area contributed by atoms with Crippen molar-refractivity contribution in [2.45, 2.75) is 10.6 Å². The highest BCUT2D eigenvalue weighted by Gasteiger charge is 2.24. The van der Waals surface area contributed by atoms with Gasteiger partial charge in [-0.05, 0) is 36.4 Å². The number of hydrogen-bond acceptors (Lipinski definition) is 5. The van der Waals surface area contributed by atoms with Crippen molar-refractivity contribution < 1.29 is 17.6 Å². The SMILES string of the molecule is O=C(c1cccc(S(=O)(=O)Cc2ccccc2F)c1)N1CCN(c2ccccn2)CC1. The lowest BCUT2D eigenvalue weighted by atomic mass is 10.2. The van der Waals surface area contributed by atoms with Crippen molar-refractivity contribution in [3.05, 3.63) is 89.9 Å². The molecular formula is C23H22FN3O3S. The molecule has 4 rings (SSSR count). The summed E-state index contributed by atoms with van der Waals surface area (Å²) in [5, 5.41) is 0. The van der Waals surface area contributed by atoms with Gasteiger partial charge in [0.05, 0.1) is 10.6 Å². The van der Waals surface area contributed by atoms with Crippen molar-refractivity contribution in [1.29, 1.82) is 0 Å². The van der Waals surface area contributed by atoms with Crippen molar-refractivity contribution >= 4 is 21.6 Å². The molecule has 8 heteroatoms. The number of carbonyl (C=O) groups excluding carboxylic acids is 1. The monoisotopic (exact) mass is 439 g/mol. The summed E-state index contributed by atoms with van der Waals surface area (Å²) < 4.78 is 39.5. The molecule has 0 spiro atoms. The first-order valence-electron chi connectivity index (χ1n) is 9.95. The molecule has 2 aromatic carbocycles. The van der Waals surface area contributed by atoms with E-state index in [1.165, 1.54) is 30.3 Å². The van der Waals surface area contributed by atoms with Crippen LogP contribution in [0.4, 0.5) is 10.2 Å². The number of anilines is 1. The lowest BCUT2D eigenvalue weighted by Crippen LogP contribution is -2.49. The third kappa shape index (κ3) is 4.74. The van der Waals surface area contributed by atoms with E-state index in [0.717, 1.165) is 5.82 Å². The first-order chi connectivity index (χ1) is 14.9. The molecule has 6 nitrogen and oxygen atoms in total. The number of halogens is 1. The highest BCUT2D eigenvalue weighted by molar-refractivity contribution is 7.90. The normalized spacial score (nSPS) is 14.5. The molecule has 0 aliphatic carbocycles. The zero-order chi connectivity index (χ0) is 21.8. The smallest absolute Gasteiger partial charge is 0.254 e. The van der Waals surface area contributed by atoms with Crippen LogP contribution < -0.4 is 4.90 Å². The molecule has 0 unspecified atom stereocenters. The van der Waals surface area contributed by atoms with Crippen LogP contribution in [0.2, 0.25) is 0 Å². The summed E-state index contributed by atoms with van der Waals surface area (Å²) in [5.41, 5.74) is 0.408. The predicted molar refractivity (Wildman–Crippen MR) is 116 cm³/mol. The van der Waals surface area contributed by atoms with Gasteiger partial charge in [0.25, 0.3) is 5.91 Å². The van der Waals surface area contributed by atoms with E-state index in [-0.39, 0.29) is 16.4 Å². The van der Waals surface area contributed by atoms with Crippen LogP contribution in [0.25, 0.3) is 0 Å². The summed E-state index contributed by atoms with van der Waals surface area (Å²) in [6.07, 6.45) is 1.74. The lowest BCUT2D eigenvalue weighted by Gasteiger charge is -2.35. The molecule has 1 aliphatic rings. The fourth-order valence-electron chi connectivity index (χ4n) is 3.59. The summed E-state index contributed by atoms with van der Waals surface area (Å²) in [7, 11) is -3.79. The van der Waals surface area contributed by atoms with Crippen molar-refractivity contribution in [2.24, 2.45) is 0 Å². The van der Waals surface area contributed by atoms with E-state index in [9.17, 15) is 17.6 Å². The molecule has 3 aromatic rings. The second-order valence-electron chi connectivity index (χ2n) is 7.35. The standard InChI is InChI=1S/C23H22FN3O3S/c24-21-9-2-1-6-19(21)17-31(29,30)20-8-5-7-18(16-20)23(28)27-14-12-26(13-15-27)22-10-3-4-11-25-22/h1-11,16H,12-15,17H2. The van der Waals surface area contributed by atoms with E-state index in [1.54, 1.807) is 29.3 Å². The summed E-state index contributed by atoms with van der Waals surface area (Å²) in [4.78, 5) is 21.1. The van der Waals surface area contributed by atoms with Gasteiger partial charge in [0.1, 0.15) is 11.6 Å². The first kappa shape index (κ1) is 21.0. The number of benzene rings is 2. The van der Waals surface area contributed by atoms with Gasteiger partial charge >= 0.3 is 0 Å². The van der Waals surface area contributed by atoms with Gasteiger partial charge in [-0.3, -0.25) is 4.79 Å². The molecule has 1 aliphatic heterocycles. The molecule has 2 heterocycles. The third-order valence-corrected chi connectivity index (χ3v) is 6.95. The van der Waals surface area contributed by atoms with Gasteiger partial charge in [-0.1, -0.05) is 30.3 Å². The topological polar surface area (TPSA) is 70.6 Å². The highest BCUT2D eigenvalue weighted by atomic mass is 32.2. The third-order valence-electron chi connectivity index (χ3n) is 5.28. The van der Waals surface area contributed by atoms with E-state index in [0.29, 0.717) is 31.7 Å². The minimum Gasteiger partial charge on any atom is -0.353 e. The molecule has 31 heavy (non-hydrogen) atoms. The van der Waals surface area contributed by atoms with Crippen LogP contribution in [-0.2, 0) is 15.6 Å². The Kier molecular flexibility index (Phi) is 5.99. The summed E-state index contributed by atoms with van der Waals surface area (Å²) >= 11 is 0.